The molecule has 25 nitrogen and oxygen atoms in total. The molecule has 1 unspecified atom stereocenters. The number of fused-ring (bicyclic) bond motifs is 7. The summed E-state index contributed by atoms with van der Waals surface area (Å²) >= 11 is 0. The monoisotopic (exact) mass is 1260 g/mol. The molecule has 8 heterocycles. The van der Waals surface area contributed by atoms with Crippen LogP contribution in [-0.2, 0) is 68.5 Å². The van der Waals surface area contributed by atoms with Crippen molar-refractivity contribution in [1.82, 2.24) is 21.3 Å². The van der Waals surface area contributed by atoms with E-state index in [1.165, 1.54) is 0 Å². The first-order chi connectivity index (χ1) is 42.9. The van der Waals surface area contributed by atoms with Gasteiger partial charge in [0.1, 0.15) is 30.6 Å². The number of carboxylic acids is 1. The van der Waals surface area contributed by atoms with Gasteiger partial charge >= 0.3 is 18.1 Å². The number of carbonyl (C=O) groups is 7. The lowest BCUT2D eigenvalue weighted by Gasteiger charge is -2.61. The molecule has 8 aliphatic heterocycles. The number of carboxylic acid groups (broad SMARTS) is 1. The first kappa shape index (κ1) is 68.7. The van der Waals surface area contributed by atoms with Gasteiger partial charge in [-0.15, -0.1) is 0 Å². The highest BCUT2D eigenvalue weighted by Gasteiger charge is 2.62. The topological polar surface area (TPSA) is 360 Å². The SMILES string of the molecule is C=C1C[C@@H]2CC[C@@]3(O)C[C@@H](O)[C@@H]4CC5[C@H]4O[C@H]4CC[C@H](CC(=O)C[C@@H]6[C@@H](OC)[C@@H](C[C@H](O)CNC(=O)OCc7ccc(NC(=O)[C@H](CCCNC(N)=O)NC(=O)[C@@H](NC(=O)CCCC(=O)O)C(C)C)cc7)O[C@H]6C[C@H]6O[C@@H](CC[C@@H]1O2)C[C@@H](C)C6=C)O[C@@H]4[C@@H]5O3. The van der Waals surface area contributed by atoms with Crippen LogP contribution < -0.4 is 32.3 Å². The van der Waals surface area contributed by atoms with Crippen LogP contribution >= 0.6 is 0 Å². The molecular formula is C65H96N6O19. The second-order valence-corrected chi connectivity index (χ2v) is 26.8. The number of anilines is 1. The summed E-state index contributed by atoms with van der Waals surface area (Å²) in [5.41, 5.74) is 8.06. The minimum atomic E-state index is -1.62. The lowest BCUT2D eigenvalue weighted by molar-refractivity contribution is -0.369. The summed E-state index contributed by atoms with van der Waals surface area (Å²) in [6.07, 6.45) is -1.02. The summed E-state index contributed by atoms with van der Waals surface area (Å²) in [7, 11) is 1.56. The van der Waals surface area contributed by atoms with Gasteiger partial charge in [-0.25, -0.2) is 9.59 Å². The Morgan fingerprint density at radius 1 is 0.789 bits per heavy atom. The van der Waals surface area contributed by atoms with Crippen LogP contribution in [0.1, 0.15) is 148 Å². The minimum absolute atomic E-state index is 0.0414. The third-order valence-corrected chi connectivity index (χ3v) is 19.8. The fraction of sp³-hybridized carbons (Fsp3) is 0.738. The first-order valence-corrected chi connectivity index (χ1v) is 32.5. The lowest BCUT2D eigenvalue weighted by Crippen LogP contribution is -2.70. The number of urea groups is 1. The Bertz CT molecular complexity index is 2720. The van der Waals surface area contributed by atoms with E-state index in [0.29, 0.717) is 62.6 Å². The van der Waals surface area contributed by atoms with Gasteiger partial charge in [0.15, 0.2) is 5.79 Å². The van der Waals surface area contributed by atoms with Gasteiger partial charge < -0.3 is 90.6 Å². The van der Waals surface area contributed by atoms with E-state index in [4.69, 9.17) is 48.7 Å². The zero-order valence-corrected chi connectivity index (χ0v) is 52.4. The number of benzene rings is 1. The van der Waals surface area contributed by atoms with E-state index in [9.17, 15) is 48.9 Å². The molecule has 0 spiro atoms. The van der Waals surface area contributed by atoms with Crippen LogP contribution in [-0.4, -0.2) is 186 Å². The molecule has 500 valence electrons. The van der Waals surface area contributed by atoms with Crippen LogP contribution in [0.3, 0.4) is 0 Å². The van der Waals surface area contributed by atoms with Gasteiger partial charge in [0.25, 0.3) is 0 Å². The van der Waals surface area contributed by atoms with Crippen LogP contribution in [0.25, 0.3) is 0 Å². The number of hydrogen-bond donors (Lipinski definition) is 10. The first-order valence-electron chi connectivity index (χ1n) is 32.5. The quantitative estimate of drug-likeness (QED) is 0.0598. The number of amides is 6. The summed E-state index contributed by atoms with van der Waals surface area (Å²) in [6, 6.07) is 3.53. The molecule has 1 aliphatic carbocycles. The highest BCUT2D eigenvalue weighted by atomic mass is 16.7. The standard InChI is InChI=1S/C65H96N6O19/c1-33(2)56(71-54(75)10-7-11-55(76)77)62(79)70-47(9-8-22-67-63(66)80)61(78)69-38-14-12-37(13-15-38)32-84-64(81)68-31-40(73)27-53-58(83-6)45-26-39(72)25-42-17-19-50-60(87-42)59-46-28-44(57(46)89-50)48(74)30-65(82,90-59)21-20-43-24-35(4)49(85-43)18-16-41-23-34(3)36(5)51(86-41)29-52(45)88-53/h12-15,33-34,40-53,56-60,73-74,82H,4-5,7-11,16-32H2,1-3,6H3,(H,68,81)(H,69,78)(H,70,79)(H,71,75)(H,76,77)(H3,66,67,80)/t34-,40+,41+,42-,43+,44+,45+,46?,47+,48-,49+,50+,51-,52+,53-,56+,57+,58-,59-,60+,65+/m1/s1. The number of Topliss-reactive ketones (excluding diaryl/α,β-unsaturated/α-hetero) is 1. The number of methoxy groups -OCH3 is 1. The van der Waals surface area contributed by atoms with Gasteiger partial charge in [-0.2, -0.15) is 0 Å². The lowest BCUT2D eigenvalue weighted by atomic mass is 9.61. The second-order valence-electron chi connectivity index (χ2n) is 26.8. The van der Waals surface area contributed by atoms with E-state index in [1.807, 2.05) is 0 Å². The second kappa shape index (κ2) is 30.9. The van der Waals surface area contributed by atoms with E-state index >= 15 is 0 Å². The molecule has 25 heteroatoms. The maximum atomic E-state index is 14.5. The predicted molar refractivity (Wildman–Crippen MR) is 324 cm³/mol. The molecule has 9 aliphatic rings. The number of rotatable bonds is 21. The molecule has 90 heavy (non-hydrogen) atoms. The average molecular weight is 1270 g/mol. The number of primary amides is 1. The molecule has 0 aromatic heterocycles. The van der Waals surface area contributed by atoms with Crippen molar-refractivity contribution in [2.24, 2.45) is 35.3 Å². The third-order valence-electron chi connectivity index (χ3n) is 19.8. The summed E-state index contributed by atoms with van der Waals surface area (Å²) in [4.78, 5) is 89.6. The maximum absolute atomic E-state index is 14.5. The van der Waals surface area contributed by atoms with E-state index in [0.717, 1.165) is 17.6 Å². The zero-order valence-electron chi connectivity index (χ0n) is 52.4. The number of alkyl carbamates (subject to hydrolysis) is 1. The molecular weight excluding hydrogens is 1170 g/mol. The summed E-state index contributed by atoms with van der Waals surface area (Å²) in [5, 5.41) is 57.3. The van der Waals surface area contributed by atoms with Gasteiger partial charge in [-0.3, -0.25) is 24.0 Å². The molecule has 10 rings (SSSR count). The molecule has 6 amide bonds. The van der Waals surface area contributed by atoms with Crippen LogP contribution in [0.4, 0.5) is 15.3 Å². The van der Waals surface area contributed by atoms with Crippen LogP contribution in [0.5, 0.6) is 0 Å². The number of nitrogens with one attached hydrogen (secondary N) is 5. The van der Waals surface area contributed by atoms with E-state index in [-0.39, 0.29) is 144 Å². The van der Waals surface area contributed by atoms with Crippen molar-refractivity contribution in [1.29, 1.82) is 0 Å². The van der Waals surface area contributed by atoms with Crippen molar-refractivity contribution in [2.75, 3.05) is 25.5 Å². The van der Waals surface area contributed by atoms with Gasteiger partial charge in [-0.05, 0) is 111 Å². The molecule has 11 bridgehead atoms. The number of ketones is 1. The summed E-state index contributed by atoms with van der Waals surface area (Å²) in [5.74, 6) is -5.33. The average Bonchev–Trinajstić information content (AvgIpc) is 0.879. The number of aliphatic hydroxyl groups excluding tert-OH is 2. The normalized spacial score (nSPS) is 35.2. The predicted octanol–water partition coefficient (Wildman–Crippen LogP) is 4.50. The van der Waals surface area contributed by atoms with Crippen molar-refractivity contribution in [3.63, 3.8) is 0 Å². The Morgan fingerprint density at radius 2 is 1.53 bits per heavy atom. The number of ether oxygens (including phenoxy) is 8. The highest BCUT2D eigenvalue weighted by molar-refractivity contribution is 5.98. The van der Waals surface area contributed by atoms with Crippen molar-refractivity contribution < 1.29 is 91.9 Å². The van der Waals surface area contributed by atoms with Crippen molar-refractivity contribution in [2.45, 2.75) is 253 Å². The number of hydrogen-bond acceptors (Lipinski definition) is 18. The smallest absolute Gasteiger partial charge is 0.407 e. The van der Waals surface area contributed by atoms with Crippen LogP contribution in [0.2, 0.25) is 0 Å². The third kappa shape index (κ3) is 17.7. The molecule has 11 N–H and O–H groups in total. The Hall–Kier alpha value is -5.61. The molecule has 1 aromatic rings. The maximum Gasteiger partial charge on any atom is 0.407 e. The Balaban J connectivity index is 0.805. The van der Waals surface area contributed by atoms with Crippen molar-refractivity contribution >= 4 is 47.3 Å². The van der Waals surface area contributed by atoms with Crippen molar-refractivity contribution in [3.8, 4) is 0 Å². The molecule has 1 saturated carbocycles. The van der Waals surface area contributed by atoms with Crippen LogP contribution in [0, 0.1) is 29.6 Å². The molecule has 8 saturated heterocycles. The molecule has 1 aromatic carbocycles. The molecule has 9 fully saturated rings. The van der Waals surface area contributed by atoms with Crippen LogP contribution in [0.15, 0.2) is 48.6 Å². The van der Waals surface area contributed by atoms with E-state index in [2.05, 4.69) is 46.7 Å². The number of carbonyl (C=O) groups excluding carboxylic acids is 6. The Kier molecular flexibility index (Phi) is 23.6. The zero-order chi connectivity index (χ0) is 64.6. The fourth-order valence-electron chi connectivity index (χ4n) is 14.8. The molecule has 0 radical (unpaired) electrons. The van der Waals surface area contributed by atoms with Gasteiger partial charge in [0, 0.05) is 95.0 Å². The number of aliphatic carboxylic acids is 1. The van der Waals surface area contributed by atoms with Gasteiger partial charge in [0.05, 0.1) is 79.4 Å². The Labute approximate surface area is 526 Å². The van der Waals surface area contributed by atoms with Gasteiger partial charge in [-0.1, -0.05) is 46.1 Å². The number of aliphatic hydroxyl groups is 3. The van der Waals surface area contributed by atoms with E-state index < -0.39 is 115 Å². The minimum Gasteiger partial charge on any atom is -0.481 e. The summed E-state index contributed by atoms with van der Waals surface area (Å²) < 4.78 is 52.2. The largest absolute Gasteiger partial charge is 0.481 e. The molecule has 21 atom stereocenters. The highest BCUT2D eigenvalue weighted by Crippen LogP contribution is 2.54. The fourth-order valence-corrected chi connectivity index (χ4v) is 14.8. The summed E-state index contributed by atoms with van der Waals surface area (Å²) in [6.45, 7) is 14.2. The van der Waals surface area contributed by atoms with E-state index in [1.54, 1.807) is 45.2 Å². The number of nitrogens with two attached hydrogens (primary N) is 1. The van der Waals surface area contributed by atoms with Gasteiger partial charge in [0.2, 0.25) is 17.7 Å². The van der Waals surface area contributed by atoms with Crippen molar-refractivity contribution in [3.05, 3.63) is 54.1 Å². The Morgan fingerprint density at radius 3 is 2.27 bits per heavy atom.